The predicted octanol–water partition coefficient (Wildman–Crippen LogP) is 0.835. The summed E-state index contributed by atoms with van der Waals surface area (Å²) in [5, 5.41) is 0. The van der Waals surface area contributed by atoms with Crippen LogP contribution in [0.5, 0.6) is 0 Å². The largest absolute Gasteiger partial charge is 0.459 e. The zero-order valence-corrected chi connectivity index (χ0v) is 8.48. The molecule has 0 atom stereocenters. The van der Waals surface area contributed by atoms with Crippen molar-refractivity contribution in [3.8, 4) is 0 Å². The Balaban J connectivity index is 2.28. The van der Waals surface area contributed by atoms with Crippen molar-refractivity contribution in [1.82, 2.24) is 0 Å². The fourth-order valence-corrected chi connectivity index (χ4v) is 1.56. The summed E-state index contributed by atoms with van der Waals surface area (Å²) in [6.07, 6.45) is 7.16. The lowest BCUT2D eigenvalue weighted by Crippen LogP contribution is -2.19. The van der Waals surface area contributed by atoms with Crippen molar-refractivity contribution >= 4 is 11.9 Å². The molecule has 0 bridgehead atoms. The molecule has 5 nitrogen and oxygen atoms in total. The third kappa shape index (κ3) is 4.60. The van der Waals surface area contributed by atoms with Crippen LogP contribution in [0.1, 0.15) is 32.1 Å². The second-order valence-electron chi connectivity index (χ2n) is 3.47. The Morgan fingerprint density at radius 2 is 1.67 bits per heavy atom. The van der Waals surface area contributed by atoms with Crippen LogP contribution >= 0.6 is 0 Å². The number of carbonyl (C=O) groups excluding carboxylic acids is 2. The van der Waals surface area contributed by atoms with E-state index in [2.05, 4.69) is 10.7 Å². The SMILES string of the molecule is NOC(=O)/C=C\C(=O)OC1CCCCC1. The fraction of sp³-hybridized carbons (Fsp3) is 0.600. The minimum Gasteiger partial charge on any atom is -0.459 e. The number of esters is 1. The normalized spacial score (nSPS) is 17.7. The van der Waals surface area contributed by atoms with Gasteiger partial charge in [0, 0.05) is 12.2 Å². The van der Waals surface area contributed by atoms with Gasteiger partial charge in [0.1, 0.15) is 6.10 Å². The summed E-state index contributed by atoms with van der Waals surface area (Å²) in [7, 11) is 0. The number of hydrogen-bond donors (Lipinski definition) is 1. The molecule has 1 aliphatic carbocycles. The summed E-state index contributed by atoms with van der Waals surface area (Å²) in [5.41, 5.74) is 0. The summed E-state index contributed by atoms with van der Waals surface area (Å²) < 4.78 is 5.11. The van der Waals surface area contributed by atoms with Crippen molar-refractivity contribution in [2.75, 3.05) is 0 Å². The van der Waals surface area contributed by atoms with Crippen molar-refractivity contribution in [1.29, 1.82) is 0 Å². The molecule has 0 aliphatic heterocycles. The Bertz CT molecular complexity index is 256. The third-order valence-electron chi connectivity index (χ3n) is 2.31. The molecular weight excluding hydrogens is 198 g/mol. The van der Waals surface area contributed by atoms with Crippen molar-refractivity contribution in [3.05, 3.63) is 12.2 Å². The predicted molar refractivity (Wildman–Crippen MR) is 52.4 cm³/mol. The quantitative estimate of drug-likeness (QED) is 0.427. The summed E-state index contributed by atoms with van der Waals surface area (Å²) in [6, 6.07) is 0. The van der Waals surface area contributed by atoms with Gasteiger partial charge in [0.15, 0.2) is 0 Å². The standard InChI is InChI=1S/C10H15NO4/c11-15-10(13)7-6-9(12)14-8-4-2-1-3-5-8/h6-8H,1-5,11H2/b7-6-. The molecule has 0 amide bonds. The van der Waals surface area contributed by atoms with Gasteiger partial charge in [-0.1, -0.05) is 6.42 Å². The second kappa shape index (κ2) is 6.19. The molecular formula is C10H15NO4. The molecule has 15 heavy (non-hydrogen) atoms. The maximum absolute atomic E-state index is 11.2. The highest BCUT2D eigenvalue weighted by atomic mass is 16.7. The van der Waals surface area contributed by atoms with E-state index in [1.165, 1.54) is 6.42 Å². The maximum atomic E-state index is 11.2. The number of rotatable bonds is 3. The Morgan fingerprint density at radius 1 is 1.07 bits per heavy atom. The van der Waals surface area contributed by atoms with Crippen LogP contribution in [0.25, 0.3) is 0 Å². The molecule has 0 heterocycles. The molecule has 0 aromatic carbocycles. The van der Waals surface area contributed by atoms with E-state index in [1.807, 2.05) is 0 Å². The van der Waals surface area contributed by atoms with E-state index in [9.17, 15) is 9.59 Å². The van der Waals surface area contributed by atoms with Gasteiger partial charge in [-0.05, 0) is 25.7 Å². The third-order valence-corrected chi connectivity index (χ3v) is 2.31. The molecule has 1 fully saturated rings. The average molecular weight is 213 g/mol. The van der Waals surface area contributed by atoms with Gasteiger partial charge < -0.3 is 9.57 Å². The highest BCUT2D eigenvalue weighted by molar-refractivity contribution is 5.91. The van der Waals surface area contributed by atoms with Crippen LogP contribution in [0.2, 0.25) is 0 Å². The first-order chi connectivity index (χ1) is 7.22. The van der Waals surface area contributed by atoms with E-state index in [1.54, 1.807) is 0 Å². The maximum Gasteiger partial charge on any atom is 0.349 e. The molecule has 1 saturated carbocycles. The lowest BCUT2D eigenvalue weighted by molar-refractivity contribution is -0.145. The van der Waals surface area contributed by atoms with Gasteiger partial charge in [0.05, 0.1) is 0 Å². The van der Waals surface area contributed by atoms with E-state index in [4.69, 9.17) is 4.74 Å². The van der Waals surface area contributed by atoms with E-state index in [-0.39, 0.29) is 6.10 Å². The van der Waals surface area contributed by atoms with Gasteiger partial charge in [0.2, 0.25) is 0 Å². The molecule has 0 radical (unpaired) electrons. The molecule has 1 aliphatic rings. The Labute approximate surface area is 88.2 Å². The van der Waals surface area contributed by atoms with Crippen molar-refractivity contribution in [3.63, 3.8) is 0 Å². The number of ether oxygens (including phenoxy) is 1. The highest BCUT2D eigenvalue weighted by Crippen LogP contribution is 2.20. The highest BCUT2D eigenvalue weighted by Gasteiger charge is 2.16. The molecule has 0 spiro atoms. The molecule has 0 aromatic rings. The lowest BCUT2D eigenvalue weighted by atomic mass is 9.98. The molecule has 5 heteroatoms. The van der Waals surface area contributed by atoms with Crippen LogP contribution < -0.4 is 5.90 Å². The van der Waals surface area contributed by atoms with E-state index in [0.29, 0.717) is 0 Å². The molecule has 0 saturated heterocycles. The molecule has 84 valence electrons. The summed E-state index contributed by atoms with van der Waals surface area (Å²) in [6.45, 7) is 0. The smallest absolute Gasteiger partial charge is 0.349 e. The topological polar surface area (TPSA) is 78.6 Å². The van der Waals surface area contributed by atoms with Gasteiger partial charge in [-0.2, -0.15) is 5.90 Å². The number of hydrogen-bond acceptors (Lipinski definition) is 5. The summed E-state index contributed by atoms with van der Waals surface area (Å²) >= 11 is 0. The first-order valence-corrected chi connectivity index (χ1v) is 5.02. The Hall–Kier alpha value is -1.36. The van der Waals surface area contributed by atoms with Crippen LogP contribution in [-0.2, 0) is 19.2 Å². The van der Waals surface area contributed by atoms with Crippen LogP contribution in [0.3, 0.4) is 0 Å². The molecule has 0 aromatic heterocycles. The van der Waals surface area contributed by atoms with Crippen LogP contribution in [0, 0.1) is 0 Å². The zero-order valence-electron chi connectivity index (χ0n) is 8.48. The minimum atomic E-state index is -0.768. The van der Waals surface area contributed by atoms with E-state index < -0.39 is 11.9 Å². The van der Waals surface area contributed by atoms with E-state index >= 15 is 0 Å². The van der Waals surface area contributed by atoms with Gasteiger partial charge in [-0.3, -0.25) is 0 Å². The first-order valence-electron chi connectivity index (χ1n) is 5.02. The number of carbonyl (C=O) groups is 2. The number of nitrogens with two attached hydrogens (primary N) is 1. The first kappa shape index (κ1) is 11.7. The van der Waals surface area contributed by atoms with Crippen molar-refractivity contribution in [2.24, 2.45) is 5.90 Å². The second-order valence-corrected chi connectivity index (χ2v) is 3.47. The average Bonchev–Trinajstić information content (AvgIpc) is 2.27. The summed E-state index contributed by atoms with van der Waals surface area (Å²) in [4.78, 5) is 25.6. The van der Waals surface area contributed by atoms with Crippen LogP contribution in [-0.4, -0.2) is 18.0 Å². The minimum absolute atomic E-state index is 0.00945. The van der Waals surface area contributed by atoms with Crippen LogP contribution in [0.4, 0.5) is 0 Å². The van der Waals surface area contributed by atoms with Gasteiger partial charge in [-0.25, -0.2) is 9.59 Å². The summed E-state index contributed by atoms with van der Waals surface area (Å²) in [5.74, 6) is 3.30. The monoisotopic (exact) mass is 213 g/mol. The molecule has 0 unspecified atom stereocenters. The van der Waals surface area contributed by atoms with Gasteiger partial charge in [0.25, 0.3) is 0 Å². The van der Waals surface area contributed by atoms with Crippen molar-refractivity contribution < 1.29 is 19.2 Å². The molecule has 2 N–H and O–H groups in total. The van der Waals surface area contributed by atoms with Gasteiger partial charge in [-0.15, -0.1) is 0 Å². The fourth-order valence-electron chi connectivity index (χ4n) is 1.56. The van der Waals surface area contributed by atoms with Crippen molar-refractivity contribution in [2.45, 2.75) is 38.2 Å². The Morgan fingerprint density at radius 3 is 2.27 bits per heavy atom. The Kier molecular flexibility index (Phi) is 4.83. The zero-order chi connectivity index (χ0) is 11.1. The molecule has 1 rings (SSSR count). The lowest BCUT2D eigenvalue weighted by Gasteiger charge is -2.20. The van der Waals surface area contributed by atoms with E-state index in [0.717, 1.165) is 37.8 Å². The van der Waals surface area contributed by atoms with Crippen LogP contribution in [0.15, 0.2) is 12.2 Å². The van der Waals surface area contributed by atoms with Gasteiger partial charge >= 0.3 is 11.9 Å².